The van der Waals surface area contributed by atoms with E-state index in [0.717, 1.165) is 11.1 Å². The predicted molar refractivity (Wildman–Crippen MR) is 99.6 cm³/mol. The Balaban J connectivity index is 1.71. The Morgan fingerprint density at radius 1 is 1.12 bits per heavy atom. The van der Waals surface area contributed by atoms with Crippen molar-refractivity contribution in [3.63, 3.8) is 0 Å². The lowest BCUT2D eigenvalue weighted by Crippen LogP contribution is -2.38. The van der Waals surface area contributed by atoms with E-state index in [0.29, 0.717) is 23.1 Å². The van der Waals surface area contributed by atoms with Gasteiger partial charge in [-0.3, -0.25) is 4.21 Å². The summed E-state index contributed by atoms with van der Waals surface area (Å²) in [6.45, 7) is 2.23. The molecule has 2 rings (SSSR count). The standard InChI is InChI=1S/C18H21ClN2O2S/c1-14(16-9-5-6-10-17(16)19)21-18(22)20-11-12-24(23)13-15-7-3-2-4-8-15/h2-10,14H,11-13H2,1H3,(H2,20,21,22). The topological polar surface area (TPSA) is 58.2 Å². The summed E-state index contributed by atoms with van der Waals surface area (Å²) in [5.41, 5.74) is 1.90. The second kappa shape index (κ2) is 9.45. The van der Waals surface area contributed by atoms with Gasteiger partial charge in [-0.25, -0.2) is 4.79 Å². The van der Waals surface area contributed by atoms with Crippen molar-refractivity contribution in [2.24, 2.45) is 0 Å². The lowest BCUT2D eigenvalue weighted by molar-refractivity contribution is 0.238. The normalized spacial score (nSPS) is 13.1. The van der Waals surface area contributed by atoms with Crippen LogP contribution < -0.4 is 10.6 Å². The molecule has 0 aliphatic rings. The Kier molecular flexibility index (Phi) is 7.28. The molecule has 0 radical (unpaired) electrons. The molecule has 0 aliphatic heterocycles. The number of benzene rings is 2. The van der Waals surface area contributed by atoms with E-state index in [9.17, 15) is 9.00 Å². The zero-order valence-corrected chi connectivity index (χ0v) is 15.1. The molecule has 2 N–H and O–H groups in total. The molecule has 2 aromatic rings. The van der Waals surface area contributed by atoms with Crippen LogP contribution in [0.5, 0.6) is 0 Å². The van der Waals surface area contributed by atoms with E-state index < -0.39 is 10.8 Å². The summed E-state index contributed by atoms with van der Waals surface area (Å²) < 4.78 is 12.0. The fraction of sp³-hybridized carbons (Fsp3) is 0.278. The molecule has 6 heteroatoms. The van der Waals surface area contributed by atoms with Crippen LogP contribution in [0, 0.1) is 0 Å². The van der Waals surface area contributed by atoms with Crippen LogP contribution in [0.4, 0.5) is 4.79 Å². The minimum atomic E-state index is -1.00. The van der Waals surface area contributed by atoms with Crippen molar-refractivity contribution in [1.29, 1.82) is 0 Å². The van der Waals surface area contributed by atoms with Gasteiger partial charge in [-0.2, -0.15) is 0 Å². The average molecular weight is 365 g/mol. The van der Waals surface area contributed by atoms with Gasteiger partial charge in [-0.05, 0) is 24.1 Å². The molecule has 0 heterocycles. The molecule has 2 amide bonds. The van der Waals surface area contributed by atoms with E-state index in [1.165, 1.54) is 0 Å². The third kappa shape index (κ3) is 5.98. The van der Waals surface area contributed by atoms with E-state index in [1.54, 1.807) is 6.07 Å². The third-order valence-electron chi connectivity index (χ3n) is 3.51. The van der Waals surface area contributed by atoms with Crippen molar-refractivity contribution >= 4 is 28.4 Å². The maximum atomic E-state index is 12.0. The van der Waals surface area contributed by atoms with Crippen LogP contribution in [0.15, 0.2) is 54.6 Å². The van der Waals surface area contributed by atoms with E-state index in [4.69, 9.17) is 11.6 Å². The maximum Gasteiger partial charge on any atom is 0.315 e. The van der Waals surface area contributed by atoms with Crippen LogP contribution in [0.3, 0.4) is 0 Å². The van der Waals surface area contributed by atoms with Gasteiger partial charge in [0.05, 0.1) is 6.04 Å². The number of carbonyl (C=O) groups is 1. The molecule has 0 spiro atoms. The SMILES string of the molecule is CC(NC(=O)NCCS(=O)Cc1ccccc1)c1ccccc1Cl. The highest BCUT2D eigenvalue weighted by Crippen LogP contribution is 2.21. The van der Waals surface area contributed by atoms with Gasteiger partial charge in [0.1, 0.15) is 0 Å². The molecule has 2 atom stereocenters. The summed E-state index contributed by atoms with van der Waals surface area (Å²) in [5.74, 6) is 0.920. The van der Waals surface area contributed by atoms with E-state index >= 15 is 0 Å². The van der Waals surface area contributed by atoms with Gasteiger partial charge >= 0.3 is 6.03 Å². The first-order valence-corrected chi connectivity index (χ1v) is 9.60. The van der Waals surface area contributed by atoms with Crippen molar-refractivity contribution in [2.45, 2.75) is 18.7 Å². The highest BCUT2D eigenvalue weighted by Gasteiger charge is 2.12. The molecular formula is C18H21ClN2O2S. The molecule has 0 fully saturated rings. The zero-order valence-electron chi connectivity index (χ0n) is 13.5. The van der Waals surface area contributed by atoms with Crippen molar-refractivity contribution in [3.8, 4) is 0 Å². The van der Waals surface area contributed by atoms with Crippen LogP contribution in [-0.4, -0.2) is 22.5 Å². The molecule has 0 bridgehead atoms. The number of nitrogens with one attached hydrogen (secondary N) is 2. The van der Waals surface area contributed by atoms with Gasteiger partial charge in [0.15, 0.2) is 0 Å². The molecule has 2 aromatic carbocycles. The number of hydrogen-bond acceptors (Lipinski definition) is 2. The molecule has 0 saturated heterocycles. The van der Waals surface area contributed by atoms with Gasteiger partial charge in [-0.15, -0.1) is 0 Å². The number of halogens is 1. The van der Waals surface area contributed by atoms with Crippen LogP contribution in [0.1, 0.15) is 24.1 Å². The van der Waals surface area contributed by atoms with Gasteiger partial charge in [0, 0.05) is 33.9 Å². The zero-order chi connectivity index (χ0) is 17.4. The lowest BCUT2D eigenvalue weighted by atomic mass is 10.1. The summed E-state index contributed by atoms with van der Waals surface area (Å²) in [7, 11) is -1.00. The molecule has 2 unspecified atom stereocenters. The monoisotopic (exact) mass is 364 g/mol. The van der Waals surface area contributed by atoms with Crippen molar-refractivity contribution < 1.29 is 9.00 Å². The highest BCUT2D eigenvalue weighted by atomic mass is 35.5. The second-order valence-corrected chi connectivity index (χ2v) is 7.40. The quantitative estimate of drug-likeness (QED) is 0.787. The Labute approximate surface area is 150 Å². The first kappa shape index (κ1) is 18.5. The fourth-order valence-corrected chi connectivity index (χ4v) is 3.60. The second-order valence-electron chi connectivity index (χ2n) is 5.42. The van der Waals surface area contributed by atoms with Gasteiger partial charge in [-0.1, -0.05) is 60.1 Å². The Hall–Kier alpha value is -1.85. The third-order valence-corrected chi connectivity index (χ3v) is 5.16. The largest absolute Gasteiger partial charge is 0.337 e. The summed E-state index contributed by atoms with van der Waals surface area (Å²) in [4.78, 5) is 11.9. The number of hydrogen-bond donors (Lipinski definition) is 2. The number of urea groups is 1. The summed E-state index contributed by atoms with van der Waals surface area (Å²) in [6.07, 6.45) is 0. The van der Waals surface area contributed by atoms with Crippen LogP contribution in [0.25, 0.3) is 0 Å². The summed E-state index contributed by atoms with van der Waals surface area (Å²) in [6, 6.07) is 16.6. The average Bonchev–Trinajstić information content (AvgIpc) is 2.56. The molecule has 24 heavy (non-hydrogen) atoms. The Morgan fingerprint density at radius 2 is 1.79 bits per heavy atom. The number of amides is 2. The molecule has 0 aromatic heterocycles. The smallest absolute Gasteiger partial charge is 0.315 e. The molecule has 0 aliphatic carbocycles. The molecular weight excluding hydrogens is 344 g/mol. The molecule has 128 valence electrons. The van der Waals surface area contributed by atoms with Crippen molar-refractivity contribution in [1.82, 2.24) is 10.6 Å². The summed E-state index contributed by atoms with van der Waals surface area (Å²) >= 11 is 6.11. The van der Waals surface area contributed by atoms with E-state index in [1.807, 2.05) is 55.5 Å². The summed E-state index contributed by atoms with van der Waals surface area (Å²) in [5, 5.41) is 6.18. The first-order valence-electron chi connectivity index (χ1n) is 7.74. The first-order chi connectivity index (χ1) is 11.6. The van der Waals surface area contributed by atoms with Gasteiger partial charge in [0.2, 0.25) is 0 Å². The van der Waals surface area contributed by atoms with E-state index in [2.05, 4.69) is 10.6 Å². The lowest BCUT2D eigenvalue weighted by Gasteiger charge is -2.16. The highest BCUT2D eigenvalue weighted by molar-refractivity contribution is 7.84. The van der Waals surface area contributed by atoms with Crippen LogP contribution >= 0.6 is 11.6 Å². The number of rotatable bonds is 7. The minimum absolute atomic E-state index is 0.200. The van der Waals surface area contributed by atoms with Crippen molar-refractivity contribution in [2.75, 3.05) is 12.3 Å². The van der Waals surface area contributed by atoms with Crippen molar-refractivity contribution in [3.05, 3.63) is 70.7 Å². The Bertz CT molecular complexity index is 694. The van der Waals surface area contributed by atoms with Crippen LogP contribution in [0.2, 0.25) is 5.02 Å². The van der Waals surface area contributed by atoms with Crippen LogP contribution in [-0.2, 0) is 16.6 Å². The minimum Gasteiger partial charge on any atom is -0.337 e. The maximum absolute atomic E-state index is 12.0. The predicted octanol–water partition coefficient (Wildman–Crippen LogP) is 3.65. The molecule has 4 nitrogen and oxygen atoms in total. The van der Waals surface area contributed by atoms with E-state index in [-0.39, 0.29) is 12.1 Å². The van der Waals surface area contributed by atoms with Gasteiger partial charge in [0.25, 0.3) is 0 Å². The molecule has 0 saturated carbocycles. The fourth-order valence-electron chi connectivity index (χ4n) is 2.26. The Morgan fingerprint density at radius 3 is 2.50 bits per heavy atom. The van der Waals surface area contributed by atoms with Gasteiger partial charge < -0.3 is 10.6 Å². The number of carbonyl (C=O) groups excluding carboxylic acids is 1.